The molecule has 0 aliphatic carbocycles. The lowest BCUT2D eigenvalue weighted by Gasteiger charge is -2.18. The quantitative estimate of drug-likeness (QED) is 0.216. The van der Waals surface area contributed by atoms with Crippen LogP contribution >= 0.6 is 34.8 Å². The van der Waals surface area contributed by atoms with E-state index in [0.29, 0.717) is 18.4 Å². The Hall–Kier alpha value is 0.710. The molecule has 206 valence electrons. The third-order valence-electron chi connectivity index (χ3n) is 2.95. The second-order valence-electron chi connectivity index (χ2n) is 11.3. The largest absolute Gasteiger partial charge is 0.376 e. The summed E-state index contributed by atoms with van der Waals surface area (Å²) < 4.78 is 21.1. The molecule has 0 atom stereocenters. The molecule has 0 aliphatic rings. The Morgan fingerprint density at radius 1 is 0.455 bits per heavy atom. The highest BCUT2D eigenvalue weighted by molar-refractivity contribution is 6.18. The highest BCUT2D eigenvalue weighted by Gasteiger charge is 2.09. The number of halogens is 3. The first-order valence-corrected chi connectivity index (χ1v) is 13.6. The maximum atomic E-state index is 5.47. The minimum Gasteiger partial charge on any atom is -0.376 e. The lowest BCUT2D eigenvalue weighted by Crippen LogP contribution is -2.20. The number of rotatable bonds is 9. The Morgan fingerprint density at radius 3 is 0.970 bits per heavy atom. The standard InChI is InChI=1S/C8H18O.C7H15ClO.C6H13ClO.C5H11ClO/c1-5-6-7-9-8(2,3)4;1-7(2,3)9-6-4-5-8;1-6(2,3)8-5-4-7;1-5(2,3)7-4-6/h5-7H2,1-4H3;4-6H2,1-3H3;4-5H2,1-3H3;4H2,1-3H3. The van der Waals surface area contributed by atoms with E-state index in [9.17, 15) is 0 Å². The van der Waals surface area contributed by atoms with Crippen molar-refractivity contribution in [1.29, 1.82) is 0 Å². The van der Waals surface area contributed by atoms with E-state index < -0.39 is 0 Å². The fraction of sp³-hybridized carbons (Fsp3) is 1.00. The minimum atomic E-state index is -0.0816. The van der Waals surface area contributed by atoms with E-state index in [-0.39, 0.29) is 28.5 Å². The van der Waals surface area contributed by atoms with Gasteiger partial charge >= 0.3 is 0 Å². The van der Waals surface area contributed by atoms with Crippen molar-refractivity contribution < 1.29 is 18.9 Å². The Bertz CT molecular complexity index is 359. The maximum absolute atomic E-state index is 5.47. The van der Waals surface area contributed by atoms with E-state index in [4.69, 9.17) is 53.8 Å². The van der Waals surface area contributed by atoms with Gasteiger partial charge in [-0.05, 0) is 95.9 Å². The summed E-state index contributed by atoms with van der Waals surface area (Å²) in [5, 5.41) is 0. The van der Waals surface area contributed by atoms with Crippen LogP contribution in [-0.4, -0.2) is 60.1 Å². The van der Waals surface area contributed by atoms with Gasteiger partial charge in [0.05, 0.1) is 29.0 Å². The summed E-state index contributed by atoms with van der Waals surface area (Å²) in [7, 11) is 0. The van der Waals surface area contributed by atoms with E-state index in [1.54, 1.807) is 0 Å². The van der Waals surface area contributed by atoms with Gasteiger partial charge in [0.1, 0.15) is 6.07 Å². The molecular weight excluding hydrogens is 483 g/mol. The van der Waals surface area contributed by atoms with Crippen LogP contribution < -0.4 is 0 Å². The smallest absolute Gasteiger partial charge is 0.121 e. The fourth-order valence-electron chi connectivity index (χ4n) is 1.46. The van der Waals surface area contributed by atoms with Gasteiger partial charge < -0.3 is 18.9 Å². The second-order valence-corrected chi connectivity index (χ2v) is 12.3. The molecule has 33 heavy (non-hydrogen) atoms. The molecule has 0 aromatic rings. The first-order chi connectivity index (χ1) is 14.7. The van der Waals surface area contributed by atoms with Crippen molar-refractivity contribution in [2.45, 2.75) is 132 Å². The maximum Gasteiger partial charge on any atom is 0.121 e. The highest BCUT2D eigenvalue weighted by Crippen LogP contribution is 2.08. The van der Waals surface area contributed by atoms with Crippen molar-refractivity contribution in [3.8, 4) is 0 Å². The molecule has 0 rings (SSSR count). The number of hydrogen-bond acceptors (Lipinski definition) is 4. The van der Waals surface area contributed by atoms with Gasteiger partial charge in [0.2, 0.25) is 0 Å². The predicted molar refractivity (Wildman–Crippen MR) is 150 cm³/mol. The van der Waals surface area contributed by atoms with E-state index in [0.717, 1.165) is 19.6 Å². The number of hydrogen-bond donors (Lipinski definition) is 0. The minimum absolute atomic E-state index is 0.00788. The van der Waals surface area contributed by atoms with Crippen molar-refractivity contribution in [2.24, 2.45) is 0 Å². The Kier molecular flexibility index (Phi) is 28.6. The van der Waals surface area contributed by atoms with Gasteiger partial charge in [-0.3, -0.25) is 0 Å². The molecule has 0 radical (unpaired) electrons. The van der Waals surface area contributed by atoms with Crippen molar-refractivity contribution >= 4 is 34.8 Å². The summed E-state index contributed by atoms with van der Waals surface area (Å²) in [6.45, 7) is 28.8. The molecule has 0 unspecified atom stereocenters. The summed E-state index contributed by atoms with van der Waals surface area (Å²) in [4.78, 5) is 0. The lowest BCUT2D eigenvalue weighted by atomic mass is 10.2. The lowest BCUT2D eigenvalue weighted by molar-refractivity contribution is -0.00423. The van der Waals surface area contributed by atoms with Crippen LogP contribution in [0.15, 0.2) is 0 Å². The SMILES string of the molecule is CC(C)(C)OCCCCl.CC(C)(C)OCCCl.CC(C)(C)OCCl.CCCCOC(C)(C)C. The van der Waals surface area contributed by atoms with E-state index in [2.05, 4.69) is 27.7 Å². The predicted octanol–water partition coefficient (Wildman–Crippen LogP) is 9.07. The highest BCUT2D eigenvalue weighted by atomic mass is 35.5. The molecule has 0 aliphatic heterocycles. The summed E-state index contributed by atoms with van der Waals surface area (Å²) >= 11 is 16.1. The van der Waals surface area contributed by atoms with Gasteiger partial charge in [0.25, 0.3) is 0 Å². The average molecular weight is 540 g/mol. The second kappa shape index (κ2) is 23.1. The molecule has 0 fully saturated rings. The molecule has 0 saturated heterocycles. The van der Waals surface area contributed by atoms with E-state index in [1.807, 2.05) is 62.3 Å². The van der Waals surface area contributed by atoms with Gasteiger partial charge in [-0.15, -0.1) is 23.2 Å². The molecule has 0 heterocycles. The van der Waals surface area contributed by atoms with Gasteiger partial charge in [-0.25, -0.2) is 0 Å². The molecule has 4 nitrogen and oxygen atoms in total. The molecule has 0 amide bonds. The molecule has 0 bridgehead atoms. The normalized spacial score (nSPS) is 12.0. The van der Waals surface area contributed by atoms with Crippen LogP contribution in [-0.2, 0) is 18.9 Å². The van der Waals surface area contributed by atoms with Crippen LogP contribution in [0.2, 0.25) is 0 Å². The van der Waals surface area contributed by atoms with Crippen molar-refractivity contribution in [3.63, 3.8) is 0 Å². The van der Waals surface area contributed by atoms with Gasteiger partial charge in [-0.2, -0.15) is 0 Å². The zero-order valence-corrected chi connectivity index (χ0v) is 26.4. The Balaban J connectivity index is -0.000000171. The Morgan fingerprint density at radius 2 is 0.788 bits per heavy atom. The van der Waals surface area contributed by atoms with Crippen molar-refractivity contribution in [2.75, 3.05) is 37.6 Å². The van der Waals surface area contributed by atoms with Crippen LogP contribution in [0.5, 0.6) is 0 Å². The van der Waals surface area contributed by atoms with Crippen LogP contribution in [0.25, 0.3) is 0 Å². The van der Waals surface area contributed by atoms with Gasteiger partial charge in [-0.1, -0.05) is 24.9 Å². The first kappa shape index (κ1) is 40.9. The third-order valence-corrected chi connectivity index (χ3v) is 3.48. The van der Waals surface area contributed by atoms with Crippen LogP contribution in [0.4, 0.5) is 0 Å². The monoisotopic (exact) mass is 538 g/mol. The van der Waals surface area contributed by atoms with Crippen molar-refractivity contribution in [3.05, 3.63) is 0 Å². The number of alkyl halides is 3. The summed E-state index contributed by atoms with van der Waals surface area (Å²) in [6, 6.07) is 0.281. The number of unbranched alkanes of at least 4 members (excludes halogenated alkanes) is 1. The fourth-order valence-corrected chi connectivity index (χ4v) is 1.98. The van der Waals surface area contributed by atoms with Gasteiger partial charge in [0, 0.05) is 25.0 Å². The van der Waals surface area contributed by atoms with Crippen LogP contribution in [0, 0.1) is 0 Å². The first-order valence-electron chi connectivity index (χ1n) is 12.0. The van der Waals surface area contributed by atoms with Crippen LogP contribution in [0.3, 0.4) is 0 Å². The molecule has 0 N–H and O–H groups in total. The molecule has 0 aromatic carbocycles. The zero-order chi connectivity index (χ0) is 27.2. The Labute approximate surface area is 222 Å². The summed E-state index contributed by atoms with van der Waals surface area (Å²) in [5.74, 6) is 1.27. The summed E-state index contributed by atoms with van der Waals surface area (Å²) in [5.41, 5.74) is -0.0716. The molecule has 7 heteroatoms. The topological polar surface area (TPSA) is 36.9 Å². The average Bonchev–Trinajstić information content (AvgIpc) is 2.58. The molecule has 0 saturated carbocycles. The zero-order valence-electron chi connectivity index (χ0n) is 24.1. The van der Waals surface area contributed by atoms with Crippen LogP contribution in [0.1, 0.15) is 109 Å². The molecule has 0 aromatic heterocycles. The van der Waals surface area contributed by atoms with Crippen molar-refractivity contribution in [1.82, 2.24) is 0 Å². The third kappa shape index (κ3) is 65.5. The molecular formula is C26H57Cl3O4. The molecule has 0 spiro atoms. The van der Waals surface area contributed by atoms with E-state index in [1.165, 1.54) is 12.8 Å². The number of ether oxygens (including phenoxy) is 4. The van der Waals surface area contributed by atoms with E-state index >= 15 is 0 Å². The van der Waals surface area contributed by atoms with Gasteiger partial charge in [0.15, 0.2) is 0 Å². The summed E-state index contributed by atoms with van der Waals surface area (Å²) in [6.07, 6.45) is 3.34.